The third-order valence-corrected chi connectivity index (χ3v) is 2.48. The van der Waals surface area contributed by atoms with E-state index in [4.69, 9.17) is 10.5 Å². The van der Waals surface area contributed by atoms with Gasteiger partial charge in [-0.3, -0.25) is 9.79 Å². The molecule has 4 heteroatoms. The highest BCUT2D eigenvalue weighted by Gasteiger charge is 2.17. The van der Waals surface area contributed by atoms with E-state index >= 15 is 0 Å². The van der Waals surface area contributed by atoms with Gasteiger partial charge in [-0.2, -0.15) is 0 Å². The molecule has 88 valence electrons. The number of allylic oxidation sites excluding steroid dienone is 1. The fourth-order valence-electron chi connectivity index (χ4n) is 1.52. The summed E-state index contributed by atoms with van der Waals surface area (Å²) in [6.45, 7) is 0.695. The second-order valence-electron chi connectivity index (χ2n) is 3.77. The lowest BCUT2D eigenvalue weighted by Gasteiger charge is -2.12. The average molecular weight is 230 g/mol. The molecular formula is C13H14N2O2. The molecule has 1 heterocycles. The third-order valence-electron chi connectivity index (χ3n) is 2.48. The number of aliphatic imine (C=N–C) groups is 1. The van der Waals surface area contributed by atoms with Gasteiger partial charge in [0.15, 0.2) is 5.76 Å². The van der Waals surface area contributed by atoms with Gasteiger partial charge in [0.1, 0.15) is 6.61 Å². The van der Waals surface area contributed by atoms with Crippen molar-refractivity contribution in [2.24, 2.45) is 10.7 Å². The van der Waals surface area contributed by atoms with Gasteiger partial charge in [0, 0.05) is 12.3 Å². The van der Waals surface area contributed by atoms with E-state index in [1.54, 1.807) is 0 Å². The summed E-state index contributed by atoms with van der Waals surface area (Å²) in [5.74, 6) is 0.252. The van der Waals surface area contributed by atoms with Crippen LogP contribution in [0.15, 0.2) is 47.3 Å². The Morgan fingerprint density at radius 2 is 2.06 bits per heavy atom. The van der Waals surface area contributed by atoms with Gasteiger partial charge in [0.2, 0.25) is 5.78 Å². The number of hydrogen-bond donors (Lipinski definition) is 1. The van der Waals surface area contributed by atoms with Crippen molar-refractivity contribution in [2.45, 2.75) is 13.0 Å². The first-order valence-corrected chi connectivity index (χ1v) is 5.45. The van der Waals surface area contributed by atoms with E-state index in [9.17, 15) is 4.79 Å². The Kier molecular flexibility index (Phi) is 3.67. The van der Waals surface area contributed by atoms with Gasteiger partial charge < -0.3 is 10.5 Å². The summed E-state index contributed by atoms with van der Waals surface area (Å²) < 4.78 is 5.44. The van der Waals surface area contributed by atoms with Crippen LogP contribution in [0.5, 0.6) is 0 Å². The Morgan fingerprint density at radius 3 is 2.71 bits per heavy atom. The van der Waals surface area contributed by atoms with Crippen LogP contribution >= 0.6 is 0 Å². The molecule has 1 aromatic carbocycles. The number of ketones is 1. The van der Waals surface area contributed by atoms with E-state index in [0.29, 0.717) is 24.6 Å². The van der Waals surface area contributed by atoms with Crippen molar-refractivity contribution in [1.82, 2.24) is 0 Å². The van der Waals surface area contributed by atoms with E-state index < -0.39 is 0 Å². The summed E-state index contributed by atoms with van der Waals surface area (Å²) in [5.41, 5.74) is 7.14. The van der Waals surface area contributed by atoms with E-state index in [0.717, 1.165) is 5.56 Å². The maximum absolute atomic E-state index is 11.7. The smallest absolute Gasteiger partial charge is 0.204 e. The van der Waals surface area contributed by atoms with Crippen molar-refractivity contribution < 1.29 is 9.53 Å². The predicted octanol–water partition coefficient (Wildman–Crippen LogP) is 1.42. The zero-order chi connectivity index (χ0) is 12.1. The molecule has 4 nitrogen and oxygen atoms in total. The van der Waals surface area contributed by atoms with E-state index in [1.165, 1.54) is 6.20 Å². The van der Waals surface area contributed by atoms with Crippen molar-refractivity contribution in [3.8, 4) is 0 Å². The molecule has 0 radical (unpaired) electrons. The van der Waals surface area contributed by atoms with Crippen LogP contribution in [0, 0.1) is 0 Å². The minimum atomic E-state index is -0.0589. The molecule has 0 unspecified atom stereocenters. The van der Waals surface area contributed by atoms with Crippen LogP contribution in [0.25, 0.3) is 0 Å². The van der Waals surface area contributed by atoms with Gasteiger partial charge >= 0.3 is 0 Å². The molecule has 2 N–H and O–H groups in total. The van der Waals surface area contributed by atoms with Crippen LogP contribution < -0.4 is 5.73 Å². The number of nitrogens with zero attached hydrogens (tertiary/aromatic N) is 1. The minimum Gasteiger partial charge on any atom is -0.484 e. The van der Waals surface area contributed by atoms with Crippen LogP contribution in [0.1, 0.15) is 12.0 Å². The molecule has 1 aliphatic heterocycles. The van der Waals surface area contributed by atoms with E-state index in [2.05, 4.69) is 4.99 Å². The molecule has 0 saturated carbocycles. The first-order chi connectivity index (χ1) is 8.29. The lowest BCUT2D eigenvalue weighted by atomic mass is 10.1. The Bertz CT molecular complexity index is 464. The van der Waals surface area contributed by atoms with Gasteiger partial charge in [0.25, 0.3) is 0 Å². The second-order valence-corrected chi connectivity index (χ2v) is 3.77. The van der Waals surface area contributed by atoms with Gasteiger partial charge in [-0.25, -0.2) is 0 Å². The highest BCUT2D eigenvalue weighted by molar-refractivity contribution is 6.11. The summed E-state index contributed by atoms with van der Waals surface area (Å²) in [6.07, 6.45) is 1.72. The van der Waals surface area contributed by atoms with E-state index in [1.807, 2.05) is 30.3 Å². The number of Topliss-reactive ketones (excluding diaryl/α,β-unsaturated/α-hetero) is 1. The molecule has 17 heavy (non-hydrogen) atoms. The molecule has 1 aliphatic rings. The second kappa shape index (κ2) is 5.41. The summed E-state index contributed by atoms with van der Waals surface area (Å²) in [4.78, 5) is 15.7. The van der Waals surface area contributed by atoms with Crippen molar-refractivity contribution in [1.29, 1.82) is 0 Å². The number of nitrogens with two attached hydrogens (primary N) is 1. The zero-order valence-corrected chi connectivity index (χ0v) is 9.43. The summed E-state index contributed by atoms with van der Waals surface area (Å²) in [6, 6.07) is 9.69. The topological polar surface area (TPSA) is 64.7 Å². The first kappa shape index (κ1) is 11.5. The normalized spacial score (nSPS) is 15.2. The molecule has 0 aliphatic carbocycles. The highest BCUT2D eigenvalue weighted by atomic mass is 16.5. The Hall–Kier alpha value is -1.94. The molecule has 0 atom stereocenters. The van der Waals surface area contributed by atoms with Crippen LogP contribution in [0.3, 0.4) is 0 Å². The lowest BCUT2D eigenvalue weighted by molar-refractivity contribution is -0.118. The Balaban J connectivity index is 1.98. The summed E-state index contributed by atoms with van der Waals surface area (Å²) >= 11 is 0. The molecule has 2 rings (SSSR count). The number of hydrogen-bond acceptors (Lipinski definition) is 4. The van der Waals surface area contributed by atoms with Crippen molar-refractivity contribution in [3.63, 3.8) is 0 Å². The molecule has 0 amide bonds. The summed E-state index contributed by atoms with van der Waals surface area (Å²) in [5, 5.41) is 0. The quantitative estimate of drug-likeness (QED) is 0.850. The largest absolute Gasteiger partial charge is 0.484 e. The number of carbonyl (C=O) groups is 1. The number of ether oxygens (including phenoxy) is 1. The van der Waals surface area contributed by atoms with Gasteiger partial charge in [-0.05, 0) is 5.56 Å². The fourth-order valence-corrected chi connectivity index (χ4v) is 1.52. The molecule has 0 saturated heterocycles. The van der Waals surface area contributed by atoms with Crippen molar-refractivity contribution >= 4 is 11.5 Å². The minimum absolute atomic E-state index is 0.0589. The number of carbonyl (C=O) groups excluding carboxylic acids is 1. The molecule has 1 aromatic rings. The van der Waals surface area contributed by atoms with Gasteiger partial charge in [-0.15, -0.1) is 0 Å². The molecule has 0 spiro atoms. The van der Waals surface area contributed by atoms with Gasteiger partial charge in [0.05, 0.1) is 12.6 Å². The SMILES string of the molecule is NCC1=NC=C(OCc2ccccc2)C(=O)C1. The maximum atomic E-state index is 11.7. The number of rotatable bonds is 4. The predicted molar refractivity (Wildman–Crippen MR) is 65.4 cm³/mol. The van der Waals surface area contributed by atoms with Gasteiger partial charge in [-0.1, -0.05) is 30.3 Å². The number of benzene rings is 1. The van der Waals surface area contributed by atoms with Crippen LogP contribution in [0.4, 0.5) is 0 Å². The van der Waals surface area contributed by atoms with Crippen LogP contribution in [-0.2, 0) is 16.1 Å². The fraction of sp³-hybridized carbons (Fsp3) is 0.231. The third kappa shape index (κ3) is 3.01. The van der Waals surface area contributed by atoms with Crippen LogP contribution in [-0.4, -0.2) is 18.0 Å². The van der Waals surface area contributed by atoms with Crippen molar-refractivity contribution in [3.05, 3.63) is 47.9 Å². The first-order valence-electron chi connectivity index (χ1n) is 5.45. The summed E-state index contributed by atoms with van der Waals surface area (Å²) in [7, 11) is 0. The monoisotopic (exact) mass is 230 g/mol. The Morgan fingerprint density at radius 1 is 1.29 bits per heavy atom. The standard InChI is InChI=1S/C13H14N2O2/c14-7-11-6-12(16)13(8-15-11)17-9-10-4-2-1-3-5-10/h1-5,8H,6-7,9,14H2. The maximum Gasteiger partial charge on any atom is 0.204 e. The average Bonchev–Trinajstić information content (AvgIpc) is 2.38. The lowest BCUT2D eigenvalue weighted by Crippen LogP contribution is -2.22. The Labute approximate surface area is 99.8 Å². The van der Waals surface area contributed by atoms with Crippen molar-refractivity contribution in [2.75, 3.05) is 6.54 Å². The molecule has 0 bridgehead atoms. The molecule has 0 fully saturated rings. The van der Waals surface area contributed by atoms with E-state index in [-0.39, 0.29) is 12.2 Å². The van der Waals surface area contributed by atoms with Crippen LogP contribution in [0.2, 0.25) is 0 Å². The highest BCUT2D eigenvalue weighted by Crippen LogP contribution is 2.12. The molecule has 0 aromatic heterocycles. The zero-order valence-electron chi connectivity index (χ0n) is 9.43. The molecular weight excluding hydrogens is 216 g/mol.